The molecule has 4 nitrogen and oxygen atoms in total. The van der Waals surface area contributed by atoms with E-state index < -0.39 is 11.7 Å². The number of aliphatic hydroxyl groups is 2. The molecule has 2 N–H and O–H groups in total. The van der Waals surface area contributed by atoms with E-state index in [0.29, 0.717) is 0 Å². The predicted molar refractivity (Wildman–Crippen MR) is 29.4 cm³/mol. The van der Waals surface area contributed by atoms with Gasteiger partial charge in [0.15, 0.2) is 0 Å². The van der Waals surface area contributed by atoms with Crippen LogP contribution in [0.2, 0.25) is 0 Å². The van der Waals surface area contributed by atoms with Crippen molar-refractivity contribution >= 4 is 0 Å². The first-order chi connectivity index (χ1) is 4.79. The summed E-state index contributed by atoms with van der Waals surface area (Å²) >= 11 is 0. The highest BCUT2D eigenvalue weighted by molar-refractivity contribution is 5.28. The lowest BCUT2D eigenvalue weighted by molar-refractivity contribution is 0.103. The lowest BCUT2D eigenvalue weighted by Gasteiger charge is -2.00. The summed E-state index contributed by atoms with van der Waals surface area (Å²) in [6.07, 6.45) is -0.734. The molecule has 5 atom stereocenters. The van der Waals surface area contributed by atoms with Crippen LogP contribution in [0.4, 0.5) is 0 Å². The summed E-state index contributed by atoms with van der Waals surface area (Å²) < 4.78 is 10.2. The van der Waals surface area contributed by atoms with Gasteiger partial charge in [0.25, 0.3) is 0 Å². The Morgan fingerprint density at radius 2 is 2.20 bits per heavy atom. The van der Waals surface area contributed by atoms with Crippen molar-refractivity contribution in [2.24, 2.45) is 0 Å². The van der Waals surface area contributed by atoms with E-state index in [-0.39, 0.29) is 24.9 Å². The van der Waals surface area contributed by atoms with Crippen molar-refractivity contribution in [2.75, 3.05) is 6.61 Å². The zero-order chi connectivity index (χ0) is 6.93. The molecule has 2 heterocycles. The fourth-order valence-corrected chi connectivity index (χ4v) is 1.96. The van der Waals surface area contributed by atoms with Crippen LogP contribution in [0.5, 0.6) is 0 Å². The third-order valence-electron chi connectivity index (χ3n) is 2.67. The minimum atomic E-state index is -0.510. The zero-order valence-corrected chi connectivity index (χ0v) is 5.23. The minimum Gasteiger partial charge on any atom is -0.393 e. The predicted octanol–water partition coefficient (Wildman–Crippen LogP) is -1.74. The van der Waals surface area contributed by atoms with Crippen molar-refractivity contribution < 1.29 is 19.7 Å². The number of fused-ring (bicyclic) bond motifs is 3. The van der Waals surface area contributed by atoms with Gasteiger partial charge in [-0.15, -0.1) is 0 Å². The van der Waals surface area contributed by atoms with Gasteiger partial charge in [0.1, 0.15) is 30.0 Å². The summed E-state index contributed by atoms with van der Waals surface area (Å²) in [6.45, 7) is -0.0319. The summed E-state index contributed by atoms with van der Waals surface area (Å²) in [4.78, 5) is 0. The molecular weight excluding hydrogens is 136 g/mol. The lowest BCUT2D eigenvalue weighted by Crippen LogP contribution is -2.25. The van der Waals surface area contributed by atoms with Crippen molar-refractivity contribution in [2.45, 2.75) is 30.0 Å². The molecule has 0 bridgehead atoms. The van der Waals surface area contributed by atoms with Gasteiger partial charge in [0.05, 0.1) is 6.61 Å². The van der Waals surface area contributed by atoms with Gasteiger partial charge in [0, 0.05) is 0 Å². The lowest BCUT2D eigenvalue weighted by atomic mass is 10.1. The summed E-state index contributed by atoms with van der Waals surface area (Å²) in [7, 11) is 0. The fraction of sp³-hybridized carbons (Fsp3) is 1.00. The molecule has 2 aliphatic heterocycles. The van der Waals surface area contributed by atoms with E-state index in [1.54, 1.807) is 0 Å². The molecule has 1 saturated carbocycles. The van der Waals surface area contributed by atoms with Gasteiger partial charge in [-0.05, 0) is 0 Å². The minimum absolute atomic E-state index is 0.0301. The Labute approximate surface area is 57.4 Å². The molecule has 0 spiro atoms. The second-order valence-corrected chi connectivity index (χ2v) is 3.16. The summed E-state index contributed by atoms with van der Waals surface area (Å²) in [5.74, 6) is 0. The summed E-state index contributed by atoms with van der Waals surface area (Å²) in [6, 6.07) is 0. The number of hydrogen-bond acceptors (Lipinski definition) is 4. The Hall–Kier alpha value is -0.160. The summed E-state index contributed by atoms with van der Waals surface area (Å²) in [5, 5.41) is 18.2. The van der Waals surface area contributed by atoms with Crippen LogP contribution in [0.3, 0.4) is 0 Å². The smallest absolute Gasteiger partial charge is 0.149 e. The van der Waals surface area contributed by atoms with Crippen molar-refractivity contribution in [3.8, 4) is 0 Å². The van der Waals surface area contributed by atoms with E-state index in [0.717, 1.165) is 0 Å². The van der Waals surface area contributed by atoms with E-state index in [1.807, 2.05) is 0 Å². The largest absolute Gasteiger partial charge is 0.393 e. The zero-order valence-electron chi connectivity index (χ0n) is 5.23. The Morgan fingerprint density at radius 1 is 1.40 bits per heavy atom. The van der Waals surface area contributed by atoms with Crippen LogP contribution in [0.15, 0.2) is 0 Å². The van der Waals surface area contributed by atoms with E-state index in [9.17, 15) is 5.11 Å². The van der Waals surface area contributed by atoms with Crippen LogP contribution in [-0.2, 0) is 9.47 Å². The highest BCUT2D eigenvalue weighted by atomic mass is 16.7. The standard InChI is InChI=1S/C6H8O4/c7-1-6-4(10-6)2(8)3-5(6)9-3/h2-5,7-8H,1H2. The van der Waals surface area contributed by atoms with E-state index in [1.165, 1.54) is 0 Å². The maximum Gasteiger partial charge on any atom is 0.149 e. The molecule has 2 saturated heterocycles. The average Bonchev–Trinajstić information content (AvgIpc) is 2.80. The molecule has 3 aliphatic rings. The monoisotopic (exact) mass is 144 g/mol. The molecule has 0 aromatic rings. The normalized spacial score (nSPS) is 69.0. The van der Waals surface area contributed by atoms with Crippen LogP contribution in [0.25, 0.3) is 0 Å². The second-order valence-electron chi connectivity index (χ2n) is 3.16. The van der Waals surface area contributed by atoms with Gasteiger partial charge in [0.2, 0.25) is 0 Å². The molecule has 56 valence electrons. The quantitative estimate of drug-likeness (QED) is 0.429. The first kappa shape index (κ1) is 5.49. The number of epoxide rings is 2. The highest BCUT2D eigenvalue weighted by Crippen LogP contribution is 2.59. The van der Waals surface area contributed by atoms with Gasteiger partial charge < -0.3 is 19.7 Å². The molecule has 0 amide bonds. The Bertz CT molecular complexity index is 190. The first-order valence-corrected chi connectivity index (χ1v) is 3.42. The van der Waals surface area contributed by atoms with Gasteiger partial charge >= 0.3 is 0 Å². The third-order valence-corrected chi connectivity index (χ3v) is 2.67. The van der Waals surface area contributed by atoms with Crippen LogP contribution in [0, 0.1) is 0 Å². The maximum absolute atomic E-state index is 9.28. The van der Waals surface area contributed by atoms with Crippen LogP contribution < -0.4 is 0 Å². The van der Waals surface area contributed by atoms with Crippen LogP contribution in [0.1, 0.15) is 0 Å². The molecule has 1 aliphatic carbocycles. The Morgan fingerprint density at radius 3 is 2.60 bits per heavy atom. The van der Waals surface area contributed by atoms with Crippen LogP contribution in [-0.4, -0.2) is 46.8 Å². The highest BCUT2D eigenvalue weighted by Gasteiger charge is 2.81. The van der Waals surface area contributed by atoms with Crippen molar-refractivity contribution in [3.05, 3.63) is 0 Å². The third kappa shape index (κ3) is 0.362. The average molecular weight is 144 g/mol. The Balaban J connectivity index is 1.94. The van der Waals surface area contributed by atoms with Gasteiger partial charge in [-0.2, -0.15) is 0 Å². The van der Waals surface area contributed by atoms with E-state index in [2.05, 4.69) is 0 Å². The van der Waals surface area contributed by atoms with Crippen molar-refractivity contribution in [1.82, 2.24) is 0 Å². The fourth-order valence-electron chi connectivity index (χ4n) is 1.96. The van der Waals surface area contributed by atoms with Gasteiger partial charge in [-0.25, -0.2) is 0 Å². The molecule has 4 heteroatoms. The molecule has 0 aromatic carbocycles. The number of ether oxygens (including phenoxy) is 2. The van der Waals surface area contributed by atoms with E-state index >= 15 is 0 Å². The van der Waals surface area contributed by atoms with Crippen LogP contribution >= 0.6 is 0 Å². The molecule has 10 heavy (non-hydrogen) atoms. The van der Waals surface area contributed by atoms with Crippen molar-refractivity contribution in [1.29, 1.82) is 0 Å². The topological polar surface area (TPSA) is 65.5 Å². The molecule has 3 rings (SSSR count). The second kappa shape index (κ2) is 1.25. The molecule has 0 radical (unpaired) electrons. The number of hydrogen-bond donors (Lipinski definition) is 2. The van der Waals surface area contributed by atoms with Gasteiger partial charge in [-0.1, -0.05) is 0 Å². The first-order valence-electron chi connectivity index (χ1n) is 3.42. The Kier molecular flexibility index (Phi) is 0.686. The van der Waals surface area contributed by atoms with Crippen molar-refractivity contribution in [3.63, 3.8) is 0 Å². The summed E-state index contributed by atoms with van der Waals surface area (Å²) in [5.41, 5.74) is -0.510. The molecule has 0 aromatic heterocycles. The van der Waals surface area contributed by atoms with E-state index in [4.69, 9.17) is 14.6 Å². The maximum atomic E-state index is 9.28. The molecular formula is C6H8O4. The van der Waals surface area contributed by atoms with Gasteiger partial charge in [-0.3, -0.25) is 0 Å². The molecule has 3 fully saturated rings. The number of aliphatic hydroxyl groups excluding tert-OH is 2. The number of rotatable bonds is 1. The SMILES string of the molecule is OCC12OC1C(O)C1OC12. The molecule has 5 unspecified atom stereocenters.